The van der Waals surface area contributed by atoms with Gasteiger partial charge < -0.3 is 14.4 Å². The number of carbonyl (C=O) groups excluding carboxylic acids is 3. The van der Waals surface area contributed by atoms with Gasteiger partial charge in [-0.3, -0.25) is 9.59 Å². The minimum absolute atomic E-state index is 0.125. The van der Waals surface area contributed by atoms with Gasteiger partial charge in [0.05, 0.1) is 13.2 Å². The van der Waals surface area contributed by atoms with Gasteiger partial charge in [-0.15, -0.1) is 0 Å². The zero-order chi connectivity index (χ0) is 12.7. The third kappa shape index (κ3) is 1.67. The van der Waals surface area contributed by atoms with Crippen LogP contribution in [0.1, 0.15) is 20.3 Å². The second kappa shape index (κ2) is 4.01. The van der Waals surface area contributed by atoms with E-state index < -0.39 is 18.0 Å². The summed E-state index contributed by atoms with van der Waals surface area (Å²) in [5.41, 5.74) is 0. The Morgan fingerprint density at radius 3 is 2.35 bits per heavy atom. The lowest BCUT2D eigenvalue weighted by Gasteiger charge is -2.34. The maximum atomic E-state index is 11.6. The van der Waals surface area contributed by atoms with E-state index in [9.17, 15) is 14.4 Å². The van der Waals surface area contributed by atoms with Crippen LogP contribution in [0.5, 0.6) is 0 Å². The molecule has 0 aromatic heterocycles. The van der Waals surface area contributed by atoms with Crippen LogP contribution in [0.15, 0.2) is 0 Å². The molecule has 0 spiro atoms. The number of nitrogens with zero attached hydrogens (tertiary/aromatic N) is 1. The van der Waals surface area contributed by atoms with Gasteiger partial charge in [-0.1, -0.05) is 0 Å². The van der Waals surface area contributed by atoms with Crippen LogP contribution >= 0.6 is 0 Å². The number of hydrogen-bond donors (Lipinski definition) is 0. The molecule has 0 N–H and O–H groups in total. The molecule has 2 aliphatic heterocycles. The largest absolute Gasteiger partial charge is 0.467 e. The Hall–Kier alpha value is -1.59. The Balaban J connectivity index is 2.19. The fourth-order valence-corrected chi connectivity index (χ4v) is 2.83. The van der Waals surface area contributed by atoms with Gasteiger partial charge in [0, 0.05) is 19.8 Å². The summed E-state index contributed by atoms with van der Waals surface area (Å²) in [6.45, 7) is 2.73. The van der Waals surface area contributed by atoms with E-state index in [0.29, 0.717) is 6.42 Å². The fraction of sp³-hybridized carbons (Fsp3) is 0.727. The smallest absolute Gasteiger partial charge is 0.329 e. The summed E-state index contributed by atoms with van der Waals surface area (Å²) in [7, 11) is 1.29. The van der Waals surface area contributed by atoms with Gasteiger partial charge in [-0.25, -0.2) is 4.79 Å². The van der Waals surface area contributed by atoms with Crippen molar-refractivity contribution >= 4 is 17.8 Å². The normalized spacial score (nSPS) is 33.9. The summed E-state index contributed by atoms with van der Waals surface area (Å²) in [6.07, 6.45) is 0.331. The van der Waals surface area contributed by atoms with Crippen molar-refractivity contribution in [3.8, 4) is 0 Å². The van der Waals surface area contributed by atoms with Crippen LogP contribution < -0.4 is 0 Å². The molecule has 3 aliphatic rings. The van der Waals surface area contributed by atoms with Crippen molar-refractivity contribution in [2.75, 3.05) is 7.11 Å². The zero-order valence-corrected chi connectivity index (χ0v) is 10.0. The van der Waals surface area contributed by atoms with Gasteiger partial charge in [0.15, 0.2) is 0 Å². The van der Waals surface area contributed by atoms with E-state index in [1.807, 2.05) is 0 Å². The molecule has 6 heteroatoms. The average molecular weight is 241 g/mol. The molecule has 3 rings (SSSR count). The molecule has 1 aliphatic carbocycles. The van der Waals surface area contributed by atoms with Crippen LogP contribution in [0.2, 0.25) is 0 Å². The molecule has 6 nitrogen and oxygen atoms in total. The number of carbonyl (C=O) groups is 3. The Labute approximate surface area is 98.8 Å². The molecule has 0 aromatic carbocycles. The fourth-order valence-electron chi connectivity index (χ4n) is 2.83. The van der Waals surface area contributed by atoms with Gasteiger partial charge in [-0.05, 0) is 6.42 Å². The maximum absolute atomic E-state index is 11.6. The number of amides is 1. The third-order valence-corrected chi connectivity index (χ3v) is 3.49. The molecular weight excluding hydrogens is 226 g/mol. The number of ether oxygens (including phenoxy) is 2. The molecule has 1 amide bonds. The summed E-state index contributed by atoms with van der Waals surface area (Å²) in [5.74, 6) is -1.15. The van der Waals surface area contributed by atoms with E-state index in [-0.39, 0.29) is 24.0 Å². The van der Waals surface area contributed by atoms with Crippen LogP contribution in [-0.4, -0.2) is 48.0 Å². The van der Waals surface area contributed by atoms with E-state index in [1.165, 1.54) is 25.9 Å². The molecule has 4 unspecified atom stereocenters. The lowest BCUT2D eigenvalue weighted by atomic mass is 9.79. The SMILES string of the molecule is COC(=O)C1C2CC(C2OC(C)=O)N1C(C)=O. The lowest BCUT2D eigenvalue weighted by Crippen LogP contribution is -2.47. The highest BCUT2D eigenvalue weighted by molar-refractivity contribution is 5.86. The Morgan fingerprint density at radius 2 is 1.88 bits per heavy atom. The van der Waals surface area contributed by atoms with E-state index in [4.69, 9.17) is 9.47 Å². The molecular formula is C11H15NO5. The summed E-state index contributed by atoms with van der Waals surface area (Å²) in [6, 6.07) is -0.780. The van der Waals surface area contributed by atoms with Crippen LogP contribution in [0.3, 0.4) is 0 Å². The molecule has 0 radical (unpaired) electrons. The summed E-state index contributed by atoms with van der Waals surface area (Å²) in [4.78, 5) is 35.6. The van der Waals surface area contributed by atoms with E-state index >= 15 is 0 Å². The molecule has 2 bridgehead atoms. The minimum Gasteiger partial charge on any atom is -0.467 e. The van der Waals surface area contributed by atoms with E-state index in [0.717, 1.165) is 0 Å². The molecule has 4 atom stereocenters. The standard InChI is InChI=1S/C11H15NO5/c1-5(13)12-8-4-7(9(12)11(15)16-3)10(8)17-6(2)14/h7-10H,4H2,1-3H3. The summed E-state index contributed by atoms with van der Waals surface area (Å²) < 4.78 is 9.83. The minimum atomic E-state index is -0.605. The van der Waals surface area contributed by atoms with Crippen LogP contribution in [0.25, 0.3) is 0 Å². The highest BCUT2D eigenvalue weighted by atomic mass is 16.6. The van der Waals surface area contributed by atoms with Gasteiger partial charge in [0.2, 0.25) is 5.91 Å². The van der Waals surface area contributed by atoms with Crippen molar-refractivity contribution in [2.24, 2.45) is 5.92 Å². The number of hydrogen-bond acceptors (Lipinski definition) is 5. The Morgan fingerprint density at radius 1 is 1.24 bits per heavy atom. The first-order valence-electron chi connectivity index (χ1n) is 5.51. The monoisotopic (exact) mass is 241 g/mol. The lowest BCUT2D eigenvalue weighted by molar-refractivity contribution is -0.157. The zero-order valence-electron chi connectivity index (χ0n) is 10.0. The molecule has 2 saturated heterocycles. The highest BCUT2D eigenvalue weighted by Gasteiger charge is 2.64. The van der Waals surface area contributed by atoms with E-state index in [1.54, 1.807) is 0 Å². The van der Waals surface area contributed by atoms with Crippen molar-refractivity contribution < 1.29 is 23.9 Å². The molecule has 1 saturated carbocycles. The summed E-state index contributed by atoms with van der Waals surface area (Å²) >= 11 is 0. The highest BCUT2D eigenvalue weighted by Crippen LogP contribution is 2.48. The molecule has 3 fully saturated rings. The van der Waals surface area contributed by atoms with Gasteiger partial charge >= 0.3 is 11.9 Å². The van der Waals surface area contributed by atoms with Crippen molar-refractivity contribution in [1.82, 2.24) is 4.90 Å². The van der Waals surface area contributed by atoms with Crippen molar-refractivity contribution in [3.05, 3.63) is 0 Å². The van der Waals surface area contributed by atoms with Gasteiger partial charge in [0.25, 0.3) is 0 Å². The molecule has 94 valence electrons. The number of rotatable bonds is 2. The van der Waals surface area contributed by atoms with Crippen molar-refractivity contribution in [1.29, 1.82) is 0 Å². The first-order chi connectivity index (χ1) is 7.97. The van der Waals surface area contributed by atoms with Crippen LogP contribution in [-0.2, 0) is 23.9 Å². The number of methoxy groups -OCH3 is 1. The number of fused-ring (bicyclic) bond motifs is 1. The van der Waals surface area contributed by atoms with Crippen LogP contribution in [0, 0.1) is 5.92 Å². The van der Waals surface area contributed by atoms with Gasteiger partial charge in [-0.2, -0.15) is 0 Å². The first-order valence-corrected chi connectivity index (χ1v) is 5.51. The van der Waals surface area contributed by atoms with E-state index in [2.05, 4.69) is 0 Å². The Bertz CT molecular complexity index is 380. The number of esters is 2. The molecule has 2 heterocycles. The summed E-state index contributed by atoms with van der Waals surface area (Å²) in [5, 5.41) is 0. The average Bonchev–Trinajstić information content (AvgIpc) is 2.77. The third-order valence-electron chi connectivity index (χ3n) is 3.49. The first kappa shape index (κ1) is 11.9. The Kier molecular flexibility index (Phi) is 2.81. The molecule has 0 aromatic rings. The quantitative estimate of drug-likeness (QED) is 0.621. The second-order valence-corrected chi connectivity index (χ2v) is 4.44. The topological polar surface area (TPSA) is 72.9 Å². The van der Waals surface area contributed by atoms with Crippen molar-refractivity contribution in [3.63, 3.8) is 0 Å². The maximum Gasteiger partial charge on any atom is 0.329 e. The van der Waals surface area contributed by atoms with Crippen LogP contribution in [0.4, 0.5) is 0 Å². The van der Waals surface area contributed by atoms with Gasteiger partial charge in [0.1, 0.15) is 12.1 Å². The molecule has 17 heavy (non-hydrogen) atoms. The van der Waals surface area contributed by atoms with Crippen molar-refractivity contribution in [2.45, 2.75) is 38.5 Å². The second-order valence-electron chi connectivity index (χ2n) is 4.44. The predicted octanol–water partition coefficient (Wildman–Crippen LogP) is -0.290. The predicted molar refractivity (Wildman–Crippen MR) is 55.8 cm³/mol.